The molecule has 1 aliphatic rings. The van der Waals surface area contributed by atoms with Crippen molar-refractivity contribution < 1.29 is 13.2 Å². The summed E-state index contributed by atoms with van der Waals surface area (Å²) in [6.45, 7) is 0. The first kappa shape index (κ1) is 11.0. The monoisotopic (exact) mass is 257 g/mol. The van der Waals surface area contributed by atoms with Gasteiger partial charge >= 0.3 is 6.18 Å². The zero-order valence-electron chi connectivity index (χ0n) is 8.90. The summed E-state index contributed by atoms with van der Waals surface area (Å²) < 4.78 is 38.8. The van der Waals surface area contributed by atoms with Crippen LogP contribution in [0.25, 0.3) is 10.9 Å². The van der Waals surface area contributed by atoms with Gasteiger partial charge in [-0.25, -0.2) is 0 Å². The van der Waals surface area contributed by atoms with Crippen LogP contribution in [0.15, 0.2) is 18.2 Å². The number of aromatic nitrogens is 1. The van der Waals surface area contributed by atoms with E-state index in [0.29, 0.717) is 16.7 Å². The molecule has 0 saturated carbocycles. The lowest BCUT2D eigenvalue weighted by Gasteiger charge is -2.13. The SMILES string of the molecule is FC(F)(F)c1cccc2[nH]c3c(c12)CSCC3. The molecule has 0 atom stereocenters. The maximum Gasteiger partial charge on any atom is 0.417 e. The average Bonchev–Trinajstić information content (AvgIpc) is 2.65. The number of fused-ring (bicyclic) bond motifs is 3. The van der Waals surface area contributed by atoms with Crippen LogP contribution in [0, 0.1) is 0 Å². The van der Waals surface area contributed by atoms with E-state index >= 15 is 0 Å². The van der Waals surface area contributed by atoms with E-state index in [0.717, 1.165) is 29.5 Å². The number of aryl methyl sites for hydroxylation is 1. The summed E-state index contributed by atoms with van der Waals surface area (Å²) in [4.78, 5) is 3.12. The van der Waals surface area contributed by atoms with Gasteiger partial charge in [-0.05, 0) is 29.9 Å². The number of benzene rings is 1. The molecule has 0 radical (unpaired) electrons. The molecule has 0 unspecified atom stereocenters. The zero-order chi connectivity index (χ0) is 12.0. The maximum absolute atomic E-state index is 12.9. The molecule has 2 heterocycles. The van der Waals surface area contributed by atoms with E-state index in [-0.39, 0.29) is 0 Å². The Hall–Kier alpha value is -1.10. The number of hydrogen-bond acceptors (Lipinski definition) is 1. The van der Waals surface area contributed by atoms with Crippen LogP contribution in [-0.2, 0) is 18.3 Å². The van der Waals surface area contributed by atoms with E-state index < -0.39 is 11.7 Å². The van der Waals surface area contributed by atoms with Crippen molar-refractivity contribution in [1.82, 2.24) is 4.98 Å². The molecule has 0 amide bonds. The van der Waals surface area contributed by atoms with Gasteiger partial charge in [-0.3, -0.25) is 0 Å². The van der Waals surface area contributed by atoms with Crippen LogP contribution in [0.2, 0.25) is 0 Å². The fourth-order valence-corrected chi connectivity index (χ4v) is 3.34. The summed E-state index contributed by atoms with van der Waals surface area (Å²) in [5.74, 6) is 1.64. The second kappa shape index (κ2) is 3.70. The third kappa shape index (κ3) is 1.73. The van der Waals surface area contributed by atoms with Gasteiger partial charge in [0.2, 0.25) is 0 Å². The third-order valence-electron chi connectivity index (χ3n) is 3.06. The molecule has 0 aliphatic carbocycles. The quantitative estimate of drug-likeness (QED) is 0.755. The topological polar surface area (TPSA) is 15.8 Å². The molecule has 17 heavy (non-hydrogen) atoms. The highest BCUT2D eigenvalue weighted by molar-refractivity contribution is 7.98. The van der Waals surface area contributed by atoms with Crippen molar-refractivity contribution in [2.75, 3.05) is 5.75 Å². The second-order valence-electron chi connectivity index (χ2n) is 4.11. The van der Waals surface area contributed by atoms with Crippen molar-refractivity contribution >= 4 is 22.7 Å². The van der Waals surface area contributed by atoms with Gasteiger partial charge in [0.1, 0.15) is 0 Å². The molecule has 1 aliphatic heterocycles. The Morgan fingerprint density at radius 1 is 1.24 bits per heavy atom. The molecule has 90 valence electrons. The Bertz CT molecular complexity index is 571. The molecule has 1 aromatic heterocycles. The summed E-state index contributed by atoms with van der Waals surface area (Å²) in [6.07, 6.45) is -3.45. The molecule has 0 spiro atoms. The summed E-state index contributed by atoms with van der Waals surface area (Å²) in [7, 11) is 0. The smallest absolute Gasteiger partial charge is 0.358 e. The summed E-state index contributed by atoms with van der Waals surface area (Å²) >= 11 is 1.69. The molecular formula is C12H10F3NS. The van der Waals surface area contributed by atoms with Crippen molar-refractivity contribution in [3.05, 3.63) is 35.0 Å². The fourth-order valence-electron chi connectivity index (χ4n) is 2.33. The average molecular weight is 257 g/mol. The first-order chi connectivity index (χ1) is 8.07. The molecule has 0 fully saturated rings. The Morgan fingerprint density at radius 3 is 2.82 bits per heavy atom. The van der Waals surface area contributed by atoms with Gasteiger partial charge in [0.15, 0.2) is 0 Å². The van der Waals surface area contributed by atoms with Gasteiger partial charge in [-0.2, -0.15) is 24.9 Å². The predicted octanol–water partition coefficient (Wildman–Crippen LogP) is 3.98. The van der Waals surface area contributed by atoms with E-state index in [2.05, 4.69) is 4.98 Å². The van der Waals surface area contributed by atoms with E-state index in [4.69, 9.17) is 0 Å². The van der Waals surface area contributed by atoms with E-state index in [1.54, 1.807) is 17.8 Å². The Morgan fingerprint density at radius 2 is 2.06 bits per heavy atom. The van der Waals surface area contributed by atoms with Crippen molar-refractivity contribution in [1.29, 1.82) is 0 Å². The number of hydrogen-bond donors (Lipinski definition) is 1. The Labute approximate surface area is 100 Å². The molecule has 5 heteroatoms. The van der Waals surface area contributed by atoms with Gasteiger partial charge < -0.3 is 4.98 Å². The molecule has 3 rings (SSSR count). The minimum atomic E-state index is -4.28. The van der Waals surface area contributed by atoms with Gasteiger partial charge in [0, 0.05) is 22.3 Å². The Balaban J connectivity index is 2.33. The van der Waals surface area contributed by atoms with Gasteiger partial charge in [-0.15, -0.1) is 0 Å². The van der Waals surface area contributed by atoms with E-state index in [9.17, 15) is 13.2 Å². The van der Waals surface area contributed by atoms with Gasteiger partial charge in [-0.1, -0.05) is 6.07 Å². The number of thioether (sulfide) groups is 1. The number of nitrogens with one attached hydrogen (secondary N) is 1. The third-order valence-corrected chi connectivity index (χ3v) is 4.05. The minimum absolute atomic E-state index is 0.363. The van der Waals surface area contributed by atoms with E-state index in [1.807, 2.05) is 0 Å². The molecule has 0 saturated heterocycles. The van der Waals surface area contributed by atoms with Crippen LogP contribution >= 0.6 is 11.8 Å². The minimum Gasteiger partial charge on any atom is -0.358 e. The number of halogens is 3. The molecule has 1 nitrogen and oxygen atoms in total. The van der Waals surface area contributed by atoms with Crippen LogP contribution in [0.1, 0.15) is 16.8 Å². The van der Waals surface area contributed by atoms with Crippen LogP contribution in [0.3, 0.4) is 0 Å². The second-order valence-corrected chi connectivity index (χ2v) is 5.22. The first-order valence-corrected chi connectivity index (χ1v) is 6.50. The first-order valence-electron chi connectivity index (χ1n) is 5.35. The number of H-pyrrole nitrogens is 1. The standard InChI is InChI=1S/C12H10F3NS/c13-12(14,15)8-2-1-3-10-11(8)7-6-17-5-4-9(7)16-10/h1-3,16H,4-6H2. The summed E-state index contributed by atoms with van der Waals surface area (Å²) in [5.41, 5.74) is 1.89. The molecule has 2 aromatic rings. The highest BCUT2D eigenvalue weighted by atomic mass is 32.2. The molecule has 0 bridgehead atoms. The van der Waals surface area contributed by atoms with Crippen LogP contribution in [0.4, 0.5) is 13.2 Å². The number of aromatic amines is 1. The normalized spacial score (nSPS) is 16.2. The predicted molar refractivity (Wildman–Crippen MR) is 63.2 cm³/mol. The van der Waals surface area contributed by atoms with Crippen LogP contribution < -0.4 is 0 Å². The van der Waals surface area contributed by atoms with Crippen molar-refractivity contribution in [3.63, 3.8) is 0 Å². The highest BCUT2D eigenvalue weighted by Gasteiger charge is 2.34. The van der Waals surface area contributed by atoms with Crippen molar-refractivity contribution in [2.45, 2.75) is 18.3 Å². The molecular weight excluding hydrogens is 247 g/mol. The number of alkyl halides is 3. The summed E-state index contributed by atoms with van der Waals surface area (Å²) in [6, 6.07) is 4.34. The lowest BCUT2D eigenvalue weighted by atomic mass is 10.0. The highest BCUT2D eigenvalue weighted by Crippen LogP contribution is 2.39. The van der Waals surface area contributed by atoms with E-state index in [1.165, 1.54) is 6.07 Å². The zero-order valence-corrected chi connectivity index (χ0v) is 9.71. The van der Waals surface area contributed by atoms with Gasteiger partial charge in [0.25, 0.3) is 0 Å². The lowest BCUT2D eigenvalue weighted by molar-refractivity contribution is -0.136. The van der Waals surface area contributed by atoms with Crippen molar-refractivity contribution in [3.8, 4) is 0 Å². The lowest BCUT2D eigenvalue weighted by Crippen LogP contribution is -2.07. The largest absolute Gasteiger partial charge is 0.417 e. The van der Waals surface area contributed by atoms with Crippen LogP contribution in [0.5, 0.6) is 0 Å². The molecule has 1 aromatic carbocycles. The maximum atomic E-state index is 12.9. The van der Waals surface area contributed by atoms with Crippen LogP contribution in [-0.4, -0.2) is 10.7 Å². The number of rotatable bonds is 0. The summed E-state index contributed by atoms with van der Waals surface area (Å²) in [5, 5.41) is 0.363. The fraction of sp³-hybridized carbons (Fsp3) is 0.333. The van der Waals surface area contributed by atoms with Crippen molar-refractivity contribution in [2.24, 2.45) is 0 Å². The van der Waals surface area contributed by atoms with Gasteiger partial charge in [0.05, 0.1) is 5.56 Å². The Kier molecular flexibility index (Phi) is 2.40. The molecule has 1 N–H and O–H groups in total.